The fourth-order valence-corrected chi connectivity index (χ4v) is 4.98. The highest BCUT2D eigenvalue weighted by atomic mass is 35.5. The van der Waals surface area contributed by atoms with Gasteiger partial charge in [0.05, 0.1) is 5.75 Å². The minimum absolute atomic E-state index is 0.149. The summed E-state index contributed by atoms with van der Waals surface area (Å²) in [4.78, 5) is 12.7. The second-order valence-corrected chi connectivity index (χ2v) is 10.1. The predicted octanol–water partition coefficient (Wildman–Crippen LogP) is 4.68. The lowest BCUT2D eigenvalue weighted by atomic mass is 10.1. The van der Waals surface area contributed by atoms with Crippen LogP contribution in [-0.4, -0.2) is 20.4 Å². The number of rotatable bonds is 10. The number of hydrogen-bond donors (Lipinski definition) is 2. The van der Waals surface area contributed by atoms with Crippen LogP contribution in [0.3, 0.4) is 0 Å². The van der Waals surface area contributed by atoms with Crippen molar-refractivity contribution in [3.05, 3.63) is 100 Å². The Labute approximate surface area is 200 Å². The van der Waals surface area contributed by atoms with Crippen LogP contribution >= 0.6 is 11.6 Å². The molecule has 0 heterocycles. The normalized spacial score (nSPS) is 11.4. The van der Waals surface area contributed by atoms with Gasteiger partial charge in [0.1, 0.15) is 12.4 Å². The summed E-state index contributed by atoms with van der Waals surface area (Å²) in [5, 5.41) is 3.50. The summed E-state index contributed by atoms with van der Waals surface area (Å²) >= 11 is 6.00. The van der Waals surface area contributed by atoms with Crippen molar-refractivity contribution >= 4 is 27.5 Å². The Morgan fingerprint density at radius 3 is 2.42 bits per heavy atom. The smallest absolute Gasteiger partial charge is 0.251 e. The molecule has 0 saturated carbocycles. The number of carbonyl (C=O) groups excluding carboxylic acids is 1. The summed E-state index contributed by atoms with van der Waals surface area (Å²) in [6.45, 7) is 4.09. The van der Waals surface area contributed by atoms with E-state index in [0.717, 1.165) is 11.1 Å². The van der Waals surface area contributed by atoms with Gasteiger partial charge in [-0.05, 0) is 60.9 Å². The van der Waals surface area contributed by atoms with Gasteiger partial charge in [-0.3, -0.25) is 4.79 Å². The standard InChI is InChI=1S/C25H27ClN2O4S/c1-18(2)28-33(30,31)17-22-9-4-3-8-21(22)15-27-25(29)20-10-6-12-24(14-20)32-16-19-7-5-11-23(26)13-19/h3-14,18,28H,15-17H2,1-2H3,(H,27,29). The molecule has 174 valence electrons. The molecule has 0 spiro atoms. The highest BCUT2D eigenvalue weighted by molar-refractivity contribution is 7.88. The quantitative estimate of drug-likeness (QED) is 0.436. The molecule has 1 amide bonds. The summed E-state index contributed by atoms with van der Waals surface area (Å²) in [6, 6.07) is 21.3. The molecule has 8 heteroatoms. The molecule has 6 nitrogen and oxygen atoms in total. The van der Waals surface area contributed by atoms with Crippen molar-refractivity contribution in [2.75, 3.05) is 0 Å². The molecule has 0 atom stereocenters. The van der Waals surface area contributed by atoms with Crippen LogP contribution in [0.25, 0.3) is 0 Å². The van der Waals surface area contributed by atoms with Gasteiger partial charge in [0.2, 0.25) is 10.0 Å². The maximum Gasteiger partial charge on any atom is 0.251 e. The van der Waals surface area contributed by atoms with E-state index in [-0.39, 0.29) is 24.2 Å². The first-order valence-corrected chi connectivity index (χ1v) is 12.6. The average Bonchev–Trinajstić information content (AvgIpc) is 2.76. The Kier molecular flexibility index (Phi) is 8.49. The molecular weight excluding hydrogens is 460 g/mol. The highest BCUT2D eigenvalue weighted by Crippen LogP contribution is 2.18. The Bertz CT molecular complexity index is 1210. The maximum atomic E-state index is 12.7. The summed E-state index contributed by atoms with van der Waals surface area (Å²) < 4.78 is 33.0. The first-order valence-electron chi connectivity index (χ1n) is 10.5. The third-order valence-corrected chi connectivity index (χ3v) is 6.47. The number of benzene rings is 3. The molecule has 0 aliphatic carbocycles. The Morgan fingerprint density at radius 1 is 0.970 bits per heavy atom. The van der Waals surface area contributed by atoms with Crippen LogP contribution in [0.1, 0.15) is 40.9 Å². The Balaban J connectivity index is 1.63. The first-order chi connectivity index (χ1) is 15.7. The van der Waals surface area contributed by atoms with Gasteiger partial charge in [-0.15, -0.1) is 0 Å². The zero-order chi connectivity index (χ0) is 23.8. The molecule has 0 unspecified atom stereocenters. The summed E-state index contributed by atoms with van der Waals surface area (Å²) in [5.74, 6) is 0.138. The summed E-state index contributed by atoms with van der Waals surface area (Å²) in [6.07, 6.45) is 0. The van der Waals surface area contributed by atoms with E-state index in [9.17, 15) is 13.2 Å². The minimum Gasteiger partial charge on any atom is -0.489 e. The van der Waals surface area contributed by atoms with Gasteiger partial charge in [0.15, 0.2) is 0 Å². The number of sulfonamides is 1. The fraction of sp³-hybridized carbons (Fsp3) is 0.240. The molecule has 3 aromatic carbocycles. The monoisotopic (exact) mass is 486 g/mol. The van der Waals surface area contributed by atoms with E-state index in [1.54, 1.807) is 56.3 Å². The molecule has 0 aliphatic heterocycles. The lowest BCUT2D eigenvalue weighted by Crippen LogP contribution is -2.31. The first kappa shape index (κ1) is 24.8. The molecule has 0 aromatic heterocycles. The molecule has 2 N–H and O–H groups in total. The van der Waals surface area contributed by atoms with Crippen LogP contribution in [0.4, 0.5) is 0 Å². The van der Waals surface area contributed by atoms with Crippen LogP contribution < -0.4 is 14.8 Å². The van der Waals surface area contributed by atoms with E-state index >= 15 is 0 Å². The second-order valence-electron chi connectivity index (χ2n) is 7.93. The van der Waals surface area contributed by atoms with Gasteiger partial charge < -0.3 is 10.1 Å². The number of hydrogen-bond acceptors (Lipinski definition) is 4. The number of halogens is 1. The van der Waals surface area contributed by atoms with Crippen molar-refractivity contribution in [2.24, 2.45) is 0 Å². The van der Waals surface area contributed by atoms with Crippen LogP contribution in [0, 0.1) is 0 Å². The topological polar surface area (TPSA) is 84.5 Å². The summed E-state index contributed by atoms with van der Waals surface area (Å²) in [7, 11) is -3.47. The van der Waals surface area contributed by atoms with Crippen molar-refractivity contribution in [1.29, 1.82) is 0 Å². The van der Waals surface area contributed by atoms with E-state index in [2.05, 4.69) is 10.0 Å². The number of nitrogens with one attached hydrogen (secondary N) is 2. The molecule has 3 rings (SSSR count). The SMILES string of the molecule is CC(C)NS(=O)(=O)Cc1ccccc1CNC(=O)c1cccc(OCc2cccc(Cl)c2)c1. The number of ether oxygens (including phenoxy) is 1. The van der Waals surface area contributed by atoms with Gasteiger partial charge in [-0.2, -0.15) is 0 Å². The van der Waals surface area contributed by atoms with Crippen molar-refractivity contribution in [2.45, 2.75) is 38.8 Å². The van der Waals surface area contributed by atoms with E-state index in [1.165, 1.54) is 0 Å². The van der Waals surface area contributed by atoms with Crippen LogP contribution in [0.5, 0.6) is 5.75 Å². The molecule has 0 radical (unpaired) electrons. The van der Waals surface area contributed by atoms with Crippen molar-refractivity contribution < 1.29 is 17.9 Å². The maximum absolute atomic E-state index is 12.7. The van der Waals surface area contributed by atoms with Gasteiger partial charge in [-0.1, -0.05) is 54.1 Å². The molecule has 0 saturated heterocycles. The minimum atomic E-state index is -3.47. The van der Waals surface area contributed by atoms with E-state index in [1.807, 2.05) is 30.3 Å². The third kappa shape index (κ3) is 7.89. The lowest BCUT2D eigenvalue weighted by molar-refractivity contribution is 0.0950. The van der Waals surface area contributed by atoms with Crippen LogP contribution in [0.2, 0.25) is 5.02 Å². The van der Waals surface area contributed by atoms with Crippen LogP contribution in [0.15, 0.2) is 72.8 Å². The Morgan fingerprint density at radius 2 is 1.70 bits per heavy atom. The van der Waals surface area contributed by atoms with Gasteiger partial charge in [0, 0.05) is 23.2 Å². The number of carbonyl (C=O) groups is 1. The molecule has 0 aliphatic rings. The van der Waals surface area contributed by atoms with E-state index < -0.39 is 10.0 Å². The van der Waals surface area contributed by atoms with E-state index in [0.29, 0.717) is 28.5 Å². The Hall–Kier alpha value is -2.87. The molecule has 33 heavy (non-hydrogen) atoms. The largest absolute Gasteiger partial charge is 0.489 e. The number of amides is 1. The van der Waals surface area contributed by atoms with Gasteiger partial charge in [0.25, 0.3) is 5.91 Å². The fourth-order valence-electron chi connectivity index (χ4n) is 3.27. The third-order valence-electron chi connectivity index (χ3n) is 4.71. The molecule has 3 aromatic rings. The zero-order valence-electron chi connectivity index (χ0n) is 18.5. The van der Waals surface area contributed by atoms with Crippen molar-refractivity contribution in [1.82, 2.24) is 10.0 Å². The molecule has 0 bridgehead atoms. The van der Waals surface area contributed by atoms with Crippen molar-refractivity contribution in [3.63, 3.8) is 0 Å². The highest BCUT2D eigenvalue weighted by Gasteiger charge is 2.16. The van der Waals surface area contributed by atoms with Gasteiger partial charge in [-0.25, -0.2) is 13.1 Å². The molecular formula is C25H27ClN2O4S. The zero-order valence-corrected chi connectivity index (χ0v) is 20.1. The average molecular weight is 487 g/mol. The van der Waals surface area contributed by atoms with Crippen molar-refractivity contribution in [3.8, 4) is 5.75 Å². The van der Waals surface area contributed by atoms with Gasteiger partial charge >= 0.3 is 0 Å². The summed E-state index contributed by atoms with van der Waals surface area (Å²) in [5.41, 5.74) is 2.76. The molecule has 0 fully saturated rings. The van der Waals surface area contributed by atoms with Crippen LogP contribution in [-0.2, 0) is 28.9 Å². The predicted molar refractivity (Wildman–Crippen MR) is 131 cm³/mol. The van der Waals surface area contributed by atoms with E-state index in [4.69, 9.17) is 16.3 Å². The lowest BCUT2D eigenvalue weighted by Gasteiger charge is -2.13. The second kappa shape index (κ2) is 11.3.